The third-order valence-corrected chi connectivity index (χ3v) is 5.23. The first-order chi connectivity index (χ1) is 10.1. The maximum absolute atomic E-state index is 12.6. The van der Waals surface area contributed by atoms with Crippen molar-refractivity contribution in [1.82, 2.24) is 14.6 Å². The molecule has 1 aromatic rings. The van der Waals surface area contributed by atoms with Crippen LogP contribution in [0.3, 0.4) is 0 Å². The second kappa shape index (κ2) is 7.22. The fourth-order valence-corrected chi connectivity index (χ4v) is 3.42. The van der Waals surface area contributed by atoms with Crippen molar-refractivity contribution in [3.8, 4) is 0 Å². The van der Waals surface area contributed by atoms with Crippen molar-refractivity contribution in [2.75, 3.05) is 26.8 Å². The average molecular weight is 313 g/mol. The van der Waals surface area contributed by atoms with Crippen LogP contribution in [0.2, 0.25) is 0 Å². The number of ether oxygens (including phenoxy) is 1. The molecule has 2 N–H and O–H groups in total. The molecular weight excluding hydrogens is 290 g/mol. The molecule has 1 fully saturated rings. The van der Waals surface area contributed by atoms with Crippen LogP contribution in [0.15, 0.2) is 29.8 Å². The molecule has 21 heavy (non-hydrogen) atoms. The summed E-state index contributed by atoms with van der Waals surface area (Å²) in [7, 11) is -1.96. The Bertz CT molecular complexity index is 564. The minimum absolute atomic E-state index is 0.270. The number of hydrogen-bond acceptors (Lipinski definition) is 4. The lowest BCUT2D eigenvalue weighted by Crippen LogP contribution is -2.33. The monoisotopic (exact) mass is 313 g/mol. The first-order valence-corrected chi connectivity index (χ1v) is 8.52. The highest BCUT2D eigenvalue weighted by Crippen LogP contribution is 2.20. The van der Waals surface area contributed by atoms with Crippen LogP contribution in [-0.4, -0.2) is 50.6 Å². The van der Waals surface area contributed by atoms with Gasteiger partial charge in [0.15, 0.2) is 0 Å². The van der Waals surface area contributed by atoms with E-state index in [0.29, 0.717) is 25.7 Å². The highest BCUT2D eigenvalue weighted by molar-refractivity contribution is 7.89. The smallest absolute Gasteiger partial charge is 0.244 e. The van der Waals surface area contributed by atoms with Crippen LogP contribution >= 0.6 is 0 Å². The minimum Gasteiger partial charge on any atom is -0.383 e. The molecule has 0 bridgehead atoms. The molecule has 0 spiro atoms. The van der Waals surface area contributed by atoms with E-state index in [9.17, 15) is 8.42 Å². The Morgan fingerprint density at radius 3 is 2.95 bits per heavy atom. The van der Waals surface area contributed by atoms with Gasteiger partial charge in [-0.05, 0) is 18.9 Å². The number of rotatable bonds is 10. The lowest BCUT2D eigenvalue weighted by Gasteiger charge is -2.19. The number of sulfonamides is 1. The Labute approximate surface area is 126 Å². The number of nitrogens with zero attached hydrogens (tertiary/aromatic N) is 1. The molecule has 0 radical (unpaired) electrons. The fraction of sp³-hybridized carbons (Fsp3) is 0.571. The molecule has 0 unspecified atom stereocenters. The molecule has 118 valence electrons. The summed E-state index contributed by atoms with van der Waals surface area (Å²) in [5.41, 5.74) is 0.880. The number of nitrogens with one attached hydrogen (secondary N) is 2. The predicted octanol–water partition coefficient (Wildman–Crippen LogP) is 1.09. The van der Waals surface area contributed by atoms with E-state index in [2.05, 4.69) is 16.9 Å². The van der Waals surface area contributed by atoms with Crippen LogP contribution in [0, 0.1) is 0 Å². The van der Waals surface area contributed by atoms with Crippen molar-refractivity contribution in [2.45, 2.75) is 30.3 Å². The summed E-state index contributed by atoms with van der Waals surface area (Å²) in [4.78, 5) is 3.31. The van der Waals surface area contributed by atoms with Crippen LogP contribution in [0.5, 0.6) is 0 Å². The first kappa shape index (κ1) is 16.2. The Morgan fingerprint density at radius 2 is 2.33 bits per heavy atom. The molecule has 1 aliphatic rings. The number of aromatic amines is 1. The zero-order valence-corrected chi connectivity index (χ0v) is 13.2. The van der Waals surface area contributed by atoms with Crippen LogP contribution in [0.4, 0.5) is 0 Å². The second-order valence-corrected chi connectivity index (χ2v) is 7.10. The largest absolute Gasteiger partial charge is 0.383 e. The van der Waals surface area contributed by atoms with Crippen molar-refractivity contribution in [3.05, 3.63) is 30.6 Å². The Hall–Kier alpha value is -1.15. The van der Waals surface area contributed by atoms with Gasteiger partial charge in [-0.15, -0.1) is 6.58 Å². The van der Waals surface area contributed by atoms with Crippen molar-refractivity contribution in [3.63, 3.8) is 0 Å². The van der Waals surface area contributed by atoms with Gasteiger partial charge in [0.1, 0.15) is 0 Å². The van der Waals surface area contributed by atoms with Gasteiger partial charge in [0.25, 0.3) is 0 Å². The van der Waals surface area contributed by atoms with Crippen molar-refractivity contribution < 1.29 is 13.2 Å². The van der Waals surface area contributed by atoms with E-state index < -0.39 is 10.0 Å². The number of methoxy groups -OCH3 is 1. The van der Waals surface area contributed by atoms with Gasteiger partial charge in [0.2, 0.25) is 10.0 Å². The van der Waals surface area contributed by atoms with Gasteiger partial charge in [-0.25, -0.2) is 8.42 Å². The summed E-state index contributed by atoms with van der Waals surface area (Å²) in [6.07, 6.45) is 5.53. The highest BCUT2D eigenvalue weighted by atomic mass is 32.2. The first-order valence-electron chi connectivity index (χ1n) is 7.08. The van der Waals surface area contributed by atoms with E-state index in [1.165, 1.54) is 17.1 Å². The zero-order valence-electron chi connectivity index (χ0n) is 12.3. The second-order valence-electron chi connectivity index (χ2n) is 5.16. The van der Waals surface area contributed by atoms with E-state index in [-0.39, 0.29) is 11.4 Å². The average Bonchev–Trinajstić information content (AvgIpc) is 3.17. The molecule has 1 aliphatic carbocycles. The van der Waals surface area contributed by atoms with E-state index in [1.54, 1.807) is 25.4 Å². The molecule has 7 heteroatoms. The van der Waals surface area contributed by atoms with Crippen LogP contribution < -0.4 is 5.32 Å². The van der Waals surface area contributed by atoms with Gasteiger partial charge in [-0.1, -0.05) is 6.08 Å². The summed E-state index contributed by atoms with van der Waals surface area (Å²) in [5, 5.41) is 3.35. The number of H-pyrrole nitrogens is 1. The Balaban J connectivity index is 2.06. The molecule has 0 amide bonds. The molecule has 0 aromatic carbocycles. The van der Waals surface area contributed by atoms with Crippen molar-refractivity contribution >= 4 is 10.0 Å². The normalized spacial score (nSPS) is 15.5. The third kappa shape index (κ3) is 4.41. The number of hydrogen-bond donors (Lipinski definition) is 2. The summed E-state index contributed by atoms with van der Waals surface area (Å²) < 4.78 is 31.5. The topological polar surface area (TPSA) is 74.4 Å². The lowest BCUT2D eigenvalue weighted by molar-refractivity contribution is 0.182. The Morgan fingerprint density at radius 1 is 1.57 bits per heavy atom. The van der Waals surface area contributed by atoms with Crippen LogP contribution in [0.25, 0.3) is 0 Å². The molecule has 2 rings (SSSR count). The van der Waals surface area contributed by atoms with Gasteiger partial charge >= 0.3 is 0 Å². The van der Waals surface area contributed by atoms with E-state index >= 15 is 0 Å². The lowest BCUT2D eigenvalue weighted by atomic mass is 10.4. The molecule has 1 saturated carbocycles. The van der Waals surface area contributed by atoms with Crippen molar-refractivity contribution in [1.29, 1.82) is 0 Å². The third-order valence-electron chi connectivity index (χ3n) is 3.39. The van der Waals surface area contributed by atoms with Gasteiger partial charge in [0.05, 0.1) is 11.5 Å². The molecule has 1 aromatic heterocycles. The molecule has 6 nitrogen and oxygen atoms in total. The standard InChI is InChI=1S/C14H23N3O3S/c1-3-6-17(7-8-20-2)21(18,19)14-9-13(16-11-14)10-15-12-4-5-12/h3,9,11-12,15-16H,1,4-8,10H2,2H3. The molecule has 1 heterocycles. The Kier molecular flexibility index (Phi) is 5.58. The van der Waals surface area contributed by atoms with Gasteiger partial charge in [-0.3, -0.25) is 0 Å². The van der Waals surface area contributed by atoms with Gasteiger partial charge < -0.3 is 15.0 Å². The maximum Gasteiger partial charge on any atom is 0.244 e. The van der Waals surface area contributed by atoms with Crippen LogP contribution in [-0.2, 0) is 21.3 Å². The fourth-order valence-electron chi connectivity index (χ4n) is 2.01. The zero-order chi connectivity index (χ0) is 15.3. The van der Waals surface area contributed by atoms with Crippen LogP contribution in [0.1, 0.15) is 18.5 Å². The maximum atomic E-state index is 12.6. The minimum atomic E-state index is -3.51. The van der Waals surface area contributed by atoms with E-state index in [0.717, 1.165) is 5.69 Å². The summed E-state index contributed by atoms with van der Waals surface area (Å²) in [6, 6.07) is 2.28. The summed E-state index contributed by atoms with van der Waals surface area (Å²) in [5.74, 6) is 0. The molecular formula is C14H23N3O3S. The van der Waals surface area contributed by atoms with Gasteiger partial charge in [-0.2, -0.15) is 4.31 Å². The molecule has 0 atom stereocenters. The van der Waals surface area contributed by atoms with Gasteiger partial charge in [0, 0.05) is 44.7 Å². The number of aromatic nitrogens is 1. The summed E-state index contributed by atoms with van der Waals surface area (Å²) >= 11 is 0. The SMILES string of the molecule is C=CCN(CCOC)S(=O)(=O)c1c[nH]c(CNC2CC2)c1. The van der Waals surface area contributed by atoms with E-state index in [4.69, 9.17) is 4.74 Å². The van der Waals surface area contributed by atoms with Crippen molar-refractivity contribution in [2.24, 2.45) is 0 Å². The molecule has 0 saturated heterocycles. The van der Waals surface area contributed by atoms with E-state index in [1.807, 2.05) is 0 Å². The highest BCUT2D eigenvalue weighted by Gasteiger charge is 2.25. The molecule has 0 aliphatic heterocycles. The summed E-state index contributed by atoms with van der Waals surface area (Å²) in [6.45, 7) is 5.21. The predicted molar refractivity (Wildman–Crippen MR) is 81.5 cm³/mol. The quantitative estimate of drug-likeness (QED) is 0.634.